The standard InChI is InChI=1S/C27H30Cl2N6/c1-4-20-6-5-11-34(20)25-10-7-18(12-16(25)2)24-15-31-26-23(14-30)33-35(27(26)32-24)17(3)21-9-8-19(28)13-22(21)29/h7-9,13,15-17,20,25H,4-6,10-12H2,1-3H3/t16?,17-,20-,25?/m1/s1. The minimum Gasteiger partial charge on any atom is -0.297 e. The zero-order valence-corrected chi connectivity index (χ0v) is 21.9. The summed E-state index contributed by atoms with van der Waals surface area (Å²) in [6, 6.07) is 8.65. The average Bonchev–Trinajstić information content (AvgIpc) is 3.47. The monoisotopic (exact) mass is 508 g/mol. The molecule has 0 saturated carbocycles. The average molecular weight is 509 g/mol. The van der Waals surface area contributed by atoms with Crippen LogP contribution in [0.1, 0.15) is 75.9 Å². The quantitative estimate of drug-likeness (QED) is 0.384. The summed E-state index contributed by atoms with van der Waals surface area (Å²) in [6.45, 7) is 7.87. The highest BCUT2D eigenvalue weighted by atomic mass is 35.5. The van der Waals surface area contributed by atoms with E-state index in [2.05, 4.69) is 41.0 Å². The second-order valence-electron chi connectivity index (χ2n) is 9.83. The van der Waals surface area contributed by atoms with E-state index >= 15 is 0 Å². The van der Waals surface area contributed by atoms with Crippen molar-refractivity contribution < 1.29 is 0 Å². The van der Waals surface area contributed by atoms with Crippen molar-refractivity contribution in [1.82, 2.24) is 24.6 Å². The molecule has 1 fully saturated rings. The number of aromatic nitrogens is 4. The molecule has 3 aromatic rings. The smallest absolute Gasteiger partial charge is 0.190 e. The first kappa shape index (κ1) is 24.2. The molecule has 0 radical (unpaired) electrons. The third-order valence-electron chi connectivity index (χ3n) is 7.74. The van der Waals surface area contributed by atoms with Crippen LogP contribution in [0.2, 0.25) is 10.0 Å². The summed E-state index contributed by atoms with van der Waals surface area (Å²) < 4.78 is 1.76. The lowest BCUT2D eigenvalue weighted by Crippen LogP contribution is -2.43. The first-order valence-corrected chi connectivity index (χ1v) is 13.2. The molecule has 5 rings (SSSR count). The van der Waals surface area contributed by atoms with Gasteiger partial charge in [-0.05, 0) is 74.8 Å². The highest BCUT2D eigenvalue weighted by Gasteiger charge is 2.34. The number of nitrogens with zero attached hydrogens (tertiary/aromatic N) is 6. The SMILES string of the molecule is CC[C@@H]1CCCN1C1CC=C(c2cnc3c(C#N)nn([C@H](C)c4ccc(Cl)cc4Cl)c3n2)CC1C. The van der Waals surface area contributed by atoms with Gasteiger partial charge >= 0.3 is 0 Å². The molecule has 35 heavy (non-hydrogen) atoms. The van der Waals surface area contributed by atoms with E-state index < -0.39 is 0 Å². The number of nitriles is 1. The number of hydrogen-bond donors (Lipinski definition) is 0. The van der Waals surface area contributed by atoms with Gasteiger partial charge in [0.05, 0.1) is 17.9 Å². The van der Waals surface area contributed by atoms with Crippen molar-refractivity contribution in [2.24, 2.45) is 5.92 Å². The molecule has 2 aliphatic rings. The minimum absolute atomic E-state index is 0.237. The Kier molecular flexibility index (Phi) is 6.85. The summed E-state index contributed by atoms with van der Waals surface area (Å²) in [6.07, 6.45) is 9.99. The van der Waals surface area contributed by atoms with Gasteiger partial charge in [-0.3, -0.25) is 4.90 Å². The number of allylic oxidation sites excluding steroid dienone is 1. The molecule has 1 aliphatic carbocycles. The Morgan fingerprint density at radius 2 is 2.11 bits per heavy atom. The molecule has 0 bridgehead atoms. The number of halogens is 2. The van der Waals surface area contributed by atoms with E-state index in [9.17, 15) is 5.26 Å². The summed E-state index contributed by atoms with van der Waals surface area (Å²) in [5.41, 5.74) is 4.32. The van der Waals surface area contributed by atoms with Gasteiger partial charge in [-0.25, -0.2) is 14.6 Å². The van der Waals surface area contributed by atoms with E-state index in [1.54, 1.807) is 23.0 Å². The molecule has 0 amide bonds. The van der Waals surface area contributed by atoms with E-state index in [4.69, 9.17) is 28.2 Å². The van der Waals surface area contributed by atoms with Crippen molar-refractivity contribution in [2.75, 3.05) is 6.54 Å². The Balaban J connectivity index is 1.49. The Hall–Kier alpha value is -2.46. The lowest BCUT2D eigenvalue weighted by molar-refractivity contribution is 0.129. The number of fused-ring (bicyclic) bond motifs is 1. The van der Waals surface area contributed by atoms with Gasteiger partial charge in [-0.15, -0.1) is 0 Å². The van der Waals surface area contributed by atoms with E-state index in [1.807, 2.05) is 13.0 Å². The number of likely N-dealkylation sites (tertiary alicyclic amines) is 1. The second-order valence-corrected chi connectivity index (χ2v) is 10.7. The highest BCUT2D eigenvalue weighted by Crippen LogP contribution is 2.37. The summed E-state index contributed by atoms with van der Waals surface area (Å²) in [5, 5.41) is 15.3. The highest BCUT2D eigenvalue weighted by molar-refractivity contribution is 6.35. The maximum Gasteiger partial charge on any atom is 0.190 e. The van der Waals surface area contributed by atoms with Crippen molar-refractivity contribution in [2.45, 2.75) is 71.0 Å². The van der Waals surface area contributed by atoms with Crippen LogP contribution in [-0.2, 0) is 0 Å². The number of hydrogen-bond acceptors (Lipinski definition) is 5. The van der Waals surface area contributed by atoms with Gasteiger partial charge in [-0.1, -0.05) is 49.2 Å². The molecule has 1 saturated heterocycles. The summed E-state index contributed by atoms with van der Waals surface area (Å²) in [5.74, 6) is 0.547. The van der Waals surface area contributed by atoms with Crippen LogP contribution in [0.5, 0.6) is 0 Å². The van der Waals surface area contributed by atoms with Crippen molar-refractivity contribution in [3.63, 3.8) is 0 Å². The Morgan fingerprint density at radius 3 is 2.83 bits per heavy atom. The first-order chi connectivity index (χ1) is 16.9. The predicted octanol–water partition coefficient (Wildman–Crippen LogP) is 6.67. The van der Waals surface area contributed by atoms with Gasteiger partial charge in [0.15, 0.2) is 11.3 Å². The Labute approximate surface area is 216 Å². The van der Waals surface area contributed by atoms with Crippen LogP contribution >= 0.6 is 23.2 Å². The van der Waals surface area contributed by atoms with Crippen LogP contribution < -0.4 is 0 Å². The molecular formula is C27H30Cl2N6. The molecule has 4 atom stereocenters. The van der Waals surface area contributed by atoms with Gasteiger partial charge in [0.25, 0.3) is 0 Å². The van der Waals surface area contributed by atoms with Crippen LogP contribution in [0.25, 0.3) is 16.7 Å². The van der Waals surface area contributed by atoms with E-state index in [-0.39, 0.29) is 11.7 Å². The van der Waals surface area contributed by atoms with E-state index in [0.29, 0.717) is 39.2 Å². The first-order valence-electron chi connectivity index (χ1n) is 12.5. The van der Waals surface area contributed by atoms with Crippen LogP contribution in [0.3, 0.4) is 0 Å². The lowest BCUT2D eigenvalue weighted by Gasteiger charge is -2.39. The summed E-state index contributed by atoms with van der Waals surface area (Å²) in [4.78, 5) is 12.4. The van der Waals surface area contributed by atoms with Gasteiger partial charge in [0.2, 0.25) is 0 Å². The topological polar surface area (TPSA) is 70.6 Å². The molecule has 1 aromatic carbocycles. The van der Waals surface area contributed by atoms with Crippen molar-refractivity contribution in [3.05, 3.63) is 57.5 Å². The van der Waals surface area contributed by atoms with Gasteiger partial charge in [0.1, 0.15) is 11.6 Å². The van der Waals surface area contributed by atoms with E-state index in [1.165, 1.54) is 31.4 Å². The fraction of sp³-hybridized carbons (Fsp3) is 0.481. The number of benzene rings is 1. The fourth-order valence-electron chi connectivity index (χ4n) is 5.85. The molecule has 8 heteroatoms. The minimum atomic E-state index is -0.237. The summed E-state index contributed by atoms with van der Waals surface area (Å²) >= 11 is 12.6. The largest absolute Gasteiger partial charge is 0.297 e. The van der Waals surface area contributed by atoms with Gasteiger partial charge < -0.3 is 0 Å². The molecule has 6 nitrogen and oxygen atoms in total. The third kappa shape index (κ3) is 4.46. The Bertz CT molecular complexity index is 1320. The number of rotatable bonds is 5. The second kappa shape index (κ2) is 9.89. The molecule has 2 unspecified atom stereocenters. The molecule has 1 aliphatic heterocycles. The molecule has 3 heterocycles. The molecule has 182 valence electrons. The van der Waals surface area contributed by atoms with Crippen LogP contribution in [-0.4, -0.2) is 43.3 Å². The van der Waals surface area contributed by atoms with Crippen LogP contribution in [0.4, 0.5) is 0 Å². The van der Waals surface area contributed by atoms with Crippen molar-refractivity contribution >= 4 is 39.9 Å². The fourth-order valence-corrected chi connectivity index (χ4v) is 6.41. The molecule has 2 aromatic heterocycles. The predicted molar refractivity (Wildman–Crippen MR) is 140 cm³/mol. The third-order valence-corrected chi connectivity index (χ3v) is 8.30. The maximum atomic E-state index is 9.67. The molecular weight excluding hydrogens is 479 g/mol. The normalized spacial score (nSPS) is 23.9. The Morgan fingerprint density at radius 1 is 1.29 bits per heavy atom. The zero-order chi connectivity index (χ0) is 24.7. The molecule has 0 N–H and O–H groups in total. The maximum absolute atomic E-state index is 9.67. The molecule has 0 spiro atoms. The van der Waals surface area contributed by atoms with Crippen LogP contribution in [0.15, 0.2) is 30.5 Å². The van der Waals surface area contributed by atoms with Gasteiger partial charge in [0, 0.05) is 22.1 Å². The van der Waals surface area contributed by atoms with E-state index in [0.717, 1.165) is 24.1 Å². The van der Waals surface area contributed by atoms with Gasteiger partial charge in [-0.2, -0.15) is 10.4 Å². The van der Waals surface area contributed by atoms with Crippen LogP contribution in [0, 0.1) is 17.2 Å². The zero-order valence-electron chi connectivity index (χ0n) is 20.4. The van der Waals surface area contributed by atoms with Crippen molar-refractivity contribution in [3.8, 4) is 6.07 Å². The lowest BCUT2D eigenvalue weighted by atomic mass is 9.83. The van der Waals surface area contributed by atoms with Crippen molar-refractivity contribution in [1.29, 1.82) is 5.26 Å². The summed E-state index contributed by atoms with van der Waals surface area (Å²) in [7, 11) is 0.